The minimum atomic E-state index is -0.657. The van der Waals surface area contributed by atoms with E-state index in [1.807, 2.05) is 6.92 Å². The molecule has 0 rings (SSSR count). The normalized spacial score (nSPS) is 12.0. The van der Waals surface area contributed by atoms with E-state index in [9.17, 15) is 0 Å². The molecule has 3 heteroatoms. The van der Waals surface area contributed by atoms with E-state index in [1.54, 1.807) is 0 Å². The lowest BCUT2D eigenvalue weighted by Crippen LogP contribution is -2.33. The molecule has 0 aromatic rings. The third-order valence-corrected chi connectivity index (χ3v) is 2.07. The van der Waals surface area contributed by atoms with Crippen LogP contribution in [-0.2, 0) is 0 Å². The van der Waals surface area contributed by atoms with E-state index < -0.39 is 5.41 Å². The molecule has 0 atom stereocenters. The van der Waals surface area contributed by atoms with E-state index >= 15 is 0 Å². The van der Waals surface area contributed by atoms with Gasteiger partial charge in [-0.15, -0.1) is 0 Å². The fourth-order valence-corrected chi connectivity index (χ4v) is 0.939. The SMILES string of the molecule is CCCCC(CO)(CO)CO. The van der Waals surface area contributed by atoms with Crippen LogP contribution in [0.5, 0.6) is 0 Å². The molecule has 0 bridgehead atoms. The van der Waals surface area contributed by atoms with Crippen LogP contribution in [0.4, 0.5) is 0 Å². The van der Waals surface area contributed by atoms with Gasteiger partial charge in [0.15, 0.2) is 0 Å². The third kappa shape index (κ3) is 3.18. The zero-order valence-corrected chi connectivity index (χ0v) is 7.08. The smallest absolute Gasteiger partial charge is 0.0531 e. The molecule has 0 aromatic heterocycles. The maximum atomic E-state index is 8.88. The quantitative estimate of drug-likeness (QED) is 0.520. The second-order valence-electron chi connectivity index (χ2n) is 3.08. The molecule has 0 aliphatic heterocycles. The summed E-state index contributed by atoms with van der Waals surface area (Å²) in [5.74, 6) is 0. The molecule has 0 unspecified atom stereocenters. The van der Waals surface area contributed by atoms with Gasteiger partial charge in [-0.1, -0.05) is 19.8 Å². The van der Waals surface area contributed by atoms with Crippen LogP contribution >= 0.6 is 0 Å². The van der Waals surface area contributed by atoms with Crippen LogP contribution in [0.2, 0.25) is 0 Å². The molecule has 0 spiro atoms. The van der Waals surface area contributed by atoms with Gasteiger partial charge in [0.2, 0.25) is 0 Å². The molecule has 0 aromatic carbocycles. The number of aliphatic hydroxyl groups is 3. The van der Waals surface area contributed by atoms with Crippen molar-refractivity contribution in [3.63, 3.8) is 0 Å². The van der Waals surface area contributed by atoms with Crippen molar-refractivity contribution in [2.24, 2.45) is 5.41 Å². The predicted octanol–water partition coefficient (Wildman–Crippen LogP) is 0.140. The van der Waals surface area contributed by atoms with Crippen LogP contribution in [0.1, 0.15) is 26.2 Å². The Hall–Kier alpha value is -0.120. The summed E-state index contributed by atoms with van der Waals surface area (Å²) in [6.45, 7) is 1.62. The van der Waals surface area contributed by atoms with Crippen molar-refractivity contribution in [2.45, 2.75) is 26.2 Å². The standard InChI is InChI=1S/C8H18O3/c1-2-3-4-8(5-9,6-10)7-11/h9-11H,2-7H2,1H3. The molecule has 0 heterocycles. The Morgan fingerprint density at radius 2 is 1.45 bits per heavy atom. The van der Waals surface area contributed by atoms with E-state index in [0.717, 1.165) is 12.8 Å². The minimum Gasteiger partial charge on any atom is -0.396 e. The van der Waals surface area contributed by atoms with Gasteiger partial charge in [0.25, 0.3) is 0 Å². The zero-order chi connectivity index (χ0) is 8.74. The summed E-state index contributed by atoms with van der Waals surface area (Å²) in [6.07, 6.45) is 2.64. The van der Waals surface area contributed by atoms with Crippen molar-refractivity contribution in [2.75, 3.05) is 19.8 Å². The van der Waals surface area contributed by atoms with Gasteiger partial charge >= 0.3 is 0 Å². The molecule has 0 fully saturated rings. The lowest BCUT2D eigenvalue weighted by Gasteiger charge is -2.26. The van der Waals surface area contributed by atoms with Crippen LogP contribution in [0, 0.1) is 5.41 Å². The van der Waals surface area contributed by atoms with Gasteiger partial charge in [-0.2, -0.15) is 0 Å². The Morgan fingerprint density at radius 1 is 1.00 bits per heavy atom. The first-order chi connectivity index (χ1) is 5.24. The molecule has 0 saturated carbocycles. The molecule has 0 aliphatic carbocycles. The number of rotatable bonds is 6. The van der Waals surface area contributed by atoms with Crippen molar-refractivity contribution < 1.29 is 15.3 Å². The highest BCUT2D eigenvalue weighted by molar-refractivity contribution is 4.76. The maximum absolute atomic E-state index is 8.88. The third-order valence-electron chi connectivity index (χ3n) is 2.07. The highest BCUT2D eigenvalue weighted by Crippen LogP contribution is 2.22. The molecular weight excluding hydrogens is 144 g/mol. The maximum Gasteiger partial charge on any atom is 0.0531 e. The summed E-state index contributed by atoms with van der Waals surface area (Å²) in [7, 11) is 0. The lowest BCUT2D eigenvalue weighted by atomic mass is 9.85. The highest BCUT2D eigenvalue weighted by atomic mass is 16.3. The van der Waals surface area contributed by atoms with Crippen molar-refractivity contribution in [3.05, 3.63) is 0 Å². The Balaban J connectivity index is 3.84. The van der Waals surface area contributed by atoms with Crippen LogP contribution in [0.15, 0.2) is 0 Å². The molecule has 3 N–H and O–H groups in total. The molecule has 11 heavy (non-hydrogen) atoms. The van der Waals surface area contributed by atoms with Gasteiger partial charge in [-0.05, 0) is 6.42 Å². The Bertz CT molecular complexity index is 81.1. The van der Waals surface area contributed by atoms with Crippen molar-refractivity contribution in [3.8, 4) is 0 Å². The zero-order valence-electron chi connectivity index (χ0n) is 7.08. The van der Waals surface area contributed by atoms with Crippen LogP contribution < -0.4 is 0 Å². The van der Waals surface area contributed by atoms with Crippen molar-refractivity contribution in [1.29, 1.82) is 0 Å². The largest absolute Gasteiger partial charge is 0.396 e. The Morgan fingerprint density at radius 3 is 1.73 bits per heavy atom. The number of hydrogen-bond acceptors (Lipinski definition) is 3. The summed E-state index contributed by atoms with van der Waals surface area (Å²) in [5.41, 5.74) is -0.657. The monoisotopic (exact) mass is 162 g/mol. The summed E-state index contributed by atoms with van der Waals surface area (Å²) < 4.78 is 0. The van der Waals surface area contributed by atoms with E-state index in [1.165, 1.54) is 0 Å². The highest BCUT2D eigenvalue weighted by Gasteiger charge is 2.26. The predicted molar refractivity (Wildman–Crippen MR) is 43.2 cm³/mol. The topological polar surface area (TPSA) is 60.7 Å². The van der Waals surface area contributed by atoms with Gasteiger partial charge in [0.05, 0.1) is 19.8 Å². The Kier molecular flexibility index (Phi) is 5.46. The van der Waals surface area contributed by atoms with Gasteiger partial charge in [-0.25, -0.2) is 0 Å². The van der Waals surface area contributed by atoms with Gasteiger partial charge in [0, 0.05) is 5.41 Å². The average Bonchev–Trinajstić information content (AvgIpc) is 2.08. The summed E-state index contributed by atoms with van der Waals surface area (Å²) in [6, 6.07) is 0. The second-order valence-corrected chi connectivity index (χ2v) is 3.08. The molecule has 3 nitrogen and oxygen atoms in total. The lowest BCUT2D eigenvalue weighted by molar-refractivity contribution is -0.00197. The van der Waals surface area contributed by atoms with E-state index in [2.05, 4.69) is 0 Å². The first-order valence-corrected chi connectivity index (χ1v) is 4.07. The number of aliphatic hydroxyl groups excluding tert-OH is 3. The fourth-order valence-electron chi connectivity index (χ4n) is 0.939. The van der Waals surface area contributed by atoms with Crippen molar-refractivity contribution >= 4 is 0 Å². The van der Waals surface area contributed by atoms with Crippen molar-refractivity contribution in [1.82, 2.24) is 0 Å². The second kappa shape index (κ2) is 5.52. The molecule has 0 aliphatic rings. The van der Waals surface area contributed by atoms with E-state index in [0.29, 0.717) is 6.42 Å². The molecular formula is C8H18O3. The first-order valence-electron chi connectivity index (χ1n) is 4.07. The molecule has 0 radical (unpaired) electrons. The number of hydrogen-bond donors (Lipinski definition) is 3. The average molecular weight is 162 g/mol. The fraction of sp³-hybridized carbons (Fsp3) is 1.00. The molecule has 0 amide bonds. The van der Waals surface area contributed by atoms with Crippen LogP contribution in [0.25, 0.3) is 0 Å². The van der Waals surface area contributed by atoms with Gasteiger partial charge in [0.1, 0.15) is 0 Å². The summed E-state index contributed by atoms with van der Waals surface area (Å²) >= 11 is 0. The van der Waals surface area contributed by atoms with Gasteiger partial charge < -0.3 is 15.3 Å². The van der Waals surface area contributed by atoms with E-state index in [4.69, 9.17) is 15.3 Å². The van der Waals surface area contributed by atoms with Gasteiger partial charge in [-0.3, -0.25) is 0 Å². The minimum absolute atomic E-state index is 0.139. The molecule has 68 valence electrons. The van der Waals surface area contributed by atoms with Crippen LogP contribution in [-0.4, -0.2) is 35.1 Å². The molecule has 0 saturated heterocycles. The summed E-state index contributed by atoms with van der Waals surface area (Å²) in [4.78, 5) is 0. The Labute approximate surface area is 67.7 Å². The first kappa shape index (κ1) is 10.9. The summed E-state index contributed by atoms with van der Waals surface area (Å²) in [5, 5.41) is 26.6. The van der Waals surface area contributed by atoms with E-state index in [-0.39, 0.29) is 19.8 Å². The van der Waals surface area contributed by atoms with Crippen LogP contribution in [0.3, 0.4) is 0 Å². The number of unbranched alkanes of at least 4 members (excludes halogenated alkanes) is 1.